The number of hydrogen-bond donors (Lipinski definition) is 2. The van der Waals surface area contributed by atoms with Crippen molar-refractivity contribution in [3.8, 4) is 0 Å². The van der Waals surface area contributed by atoms with Crippen LogP contribution in [0.2, 0.25) is 0 Å². The molecule has 2 aromatic heterocycles. The molecule has 0 bridgehead atoms. The van der Waals surface area contributed by atoms with E-state index in [0.717, 1.165) is 17.7 Å². The first-order valence-corrected chi connectivity index (χ1v) is 10.5. The number of sulfonamides is 1. The summed E-state index contributed by atoms with van der Waals surface area (Å²) in [5.41, 5.74) is -0.480. The van der Waals surface area contributed by atoms with E-state index >= 15 is 0 Å². The highest BCUT2D eigenvalue weighted by Crippen LogP contribution is 2.46. The lowest BCUT2D eigenvalue weighted by molar-refractivity contribution is 0.0222. The van der Waals surface area contributed by atoms with Crippen molar-refractivity contribution in [1.29, 1.82) is 0 Å². The number of aliphatic hydroxyl groups is 1. The summed E-state index contributed by atoms with van der Waals surface area (Å²) in [7, 11) is -2.34. The predicted octanol–water partition coefficient (Wildman–Crippen LogP) is 1.77. The quantitative estimate of drug-likeness (QED) is 0.663. The molecule has 26 heavy (non-hydrogen) atoms. The van der Waals surface area contributed by atoms with Crippen molar-refractivity contribution < 1.29 is 17.9 Å². The number of fused-ring (bicyclic) bond motifs is 1. The Morgan fingerprint density at radius 1 is 1.38 bits per heavy atom. The Labute approximate surface area is 153 Å². The standard InChI is InChI=1S/C17H18N2O5S2/c1-19-13-9-12(6-7-14(13)24-16(19)20)26(22,23)18-10-17(21,11-4-5-11)15-3-2-8-25-15/h2-3,6-9,11,18,21H,4-5,10H2,1H3. The molecular weight excluding hydrogens is 376 g/mol. The number of oxazole rings is 1. The van der Waals surface area contributed by atoms with Crippen molar-refractivity contribution in [2.45, 2.75) is 23.3 Å². The molecule has 9 heteroatoms. The van der Waals surface area contributed by atoms with Gasteiger partial charge in [-0.15, -0.1) is 11.3 Å². The first-order valence-electron chi connectivity index (χ1n) is 8.17. The van der Waals surface area contributed by atoms with E-state index < -0.39 is 21.4 Å². The summed E-state index contributed by atoms with van der Waals surface area (Å²) in [6, 6.07) is 7.90. The first kappa shape index (κ1) is 17.5. The van der Waals surface area contributed by atoms with Crippen LogP contribution in [0, 0.1) is 5.92 Å². The highest BCUT2D eigenvalue weighted by Gasteiger charge is 2.46. The SMILES string of the molecule is Cn1c(=O)oc2ccc(S(=O)(=O)NCC(O)(c3cccs3)C3CC3)cc21. The number of rotatable bonds is 6. The van der Waals surface area contributed by atoms with Gasteiger partial charge < -0.3 is 9.52 Å². The van der Waals surface area contributed by atoms with Crippen molar-refractivity contribution in [3.63, 3.8) is 0 Å². The molecule has 7 nitrogen and oxygen atoms in total. The van der Waals surface area contributed by atoms with Gasteiger partial charge in [-0.05, 0) is 48.4 Å². The Morgan fingerprint density at radius 3 is 2.81 bits per heavy atom. The minimum absolute atomic E-state index is 0.0192. The van der Waals surface area contributed by atoms with Gasteiger partial charge in [-0.1, -0.05) is 6.07 Å². The Morgan fingerprint density at radius 2 is 2.15 bits per heavy atom. The van der Waals surface area contributed by atoms with Gasteiger partial charge in [-0.3, -0.25) is 4.57 Å². The number of benzene rings is 1. The van der Waals surface area contributed by atoms with Crippen LogP contribution in [-0.4, -0.2) is 24.6 Å². The monoisotopic (exact) mass is 394 g/mol. The normalized spacial score (nSPS) is 17.5. The summed E-state index contributed by atoms with van der Waals surface area (Å²) in [5, 5.41) is 12.9. The second-order valence-electron chi connectivity index (χ2n) is 6.56. The minimum atomic E-state index is -3.85. The average molecular weight is 394 g/mol. The minimum Gasteiger partial charge on any atom is -0.408 e. The summed E-state index contributed by atoms with van der Waals surface area (Å²) >= 11 is 1.42. The molecule has 1 unspecified atom stereocenters. The van der Waals surface area contributed by atoms with Gasteiger partial charge in [0.05, 0.1) is 10.4 Å². The number of nitrogens with one attached hydrogen (secondary N) is 1. The van der Waals surface area contributed by atoms with Gasteiger partial charge >= 0.3 is 5.76 Å². The van der Waals surface area contributed by atoms with Crippen molar-refractivity contribution in [3.05, 3.63) is 51.1 Å². The van der Waals surface area contributed by atoms with Gasteiger partial charge in [0.15, 0.2) is 5.58 Å². The summed E-state index contributed by atoms with van der Waals surface area (Å²) in [6.45, 7) is -0.0944. The number of aromatic nitrogens is 1. The predicted molar refractivity (Wildman–Crippen MR) is 97.6 cm³/mol. The van der Waals surface area contributed by atoms with Crippen LogP contribution in [0.3, 0.4) is 0 Å². The second kappa shape index (κ2) is 6.05. The highest BCUT2D eigenvalue weighted by molar-refractivity contribution is 7.89. The van der Waals surface area contributed by atoms with Crippen molar-refractivity contribution in [2.24, 2.45) is 13.0 Å². The van der Waals surface area contributed by atoms with E-state index in [2.05, 4.69) is 4.72 Å². The molecule has 3 aromatic rings. The molecule has 0 radical (unpaired) electrons. The lowest BCUT2D eigenvalue weighted by atomic mass is 9.96. The summed E-state index contributed by atoms with van der Waals surface area (Å²) in [4.78, 5) is 12.3. The van der Waals surface area contributed by atoms with Crippen LogP contribution in [0.25, 0.3) is 11.1 Å². The molecule has 1 aliphatic rings. The molecule has 1 atom stereocenters. The van der Waals surface area contributed by atoms with Crippen molar-refractivity contribution >= 4 is 32.5 Å². The maximum Gasteiger partial charge on any atom is 0.419 e. The van der Waals surface area contributed by atoms with Crippen LogP contribution in [0.4, 0.5) is 0 Å². The zero-order valence-corrected chi connectivity index (χ0v) is 15.6. The van der Waals surface area contributed by atoms with Crippen molar-refractivity contribution in [2.75, 3.05) is 6.54 Å². The molecule has 0 amide bonds. The molecule has 1 aliphatic carbocycles. The Hall–Kier alpha value is -1.94. The van der Waals surface area contributed by atoms with Gasteiger partial charge in [0, 0.05) is 18.5 Å². The molecule has 2 heterocycles. The van der Waals surface area contributed by atoms with E-state index in [0.29, 0.717) is 11.1 Å². The third kappa shape index (κ3) is 2.90. The molecule has 0 saturated heterocycles. The summed E-state index contributed by atoms with van der Waals surface area (Å²) in [5.74, 6) is -0.496. The fourth-order valence-electron chi connectivity index (χ4n) is 3.08. The summed E-state index contributed by atoms with van der Waals surface area (Å²) < 4.78 is 34.2. The smallest absolute Gasteiger partial charge is 0.408 e. The van der Waals surface area contributed by atoms with E-state index in [1.807, 2.05) is 17.5 Å². The maximum atomic E-state index is 12.7. The molecule has 0 spiro atoms. The maximum absolute atomic E-state index is 12.7. The third-order valence-corrected chi connectivity index (χ3v) is 7.24. The number of thiophene rings is 1. The molecular formula is C17H18N2O5S2. The molecule has 1 fully saturated rings. The lowest BCUT2D eigenvalue weighted by Crippen LogP contribution is -2.41. The van der Waals surface area contributed by atoms with Crippen LogP contribution in [0.5, 0.6) is 0 Å². The summed E-state index contributed by atoms with van der Waals surface area (Å²) in [6.07, 6.45) is 1.75. The molecule has 1 saturated carbocycles. The molecule has 4 rings (SSSR count). The molecule has 1 aromatic carbocycles. The van der Waals surface area contributed by atoms with Gasteiger partial charge in [0.25, 0.3) is 0 Å². The highest BCUT2D eigenvalue weighted by atomic mass is 32.2. The third-order valence-electron chi connectivity index (χ3n) is 4.81. The van der Waals surface area contributed by atoms with E-state index in [-0.39, 0.29) is 17.4 Å². The second-order valence-corrected chi connectivity index (χ2v) is 9.27. The van der Waals surface area contributed by atoms with Crippen LogP contribution in [0.15, 0.2) is 49.8 Å². The van der Waals surface area contributed by atoms with Crippen LogP contribution < -0.4 is 10.5 Å². The zero-order valence-electron chi connectivity index (χ0n) is 14.0. The van der Waals surface area contributed by atoms with Crippen LogP contribution in [-0.2, 0) is 22.7 Å². The topological polar surface area (TPSA) is 102 Å². The van der Waals surface area contributed by atoms with E-state index in [9.17, 15) is 18.3 Å². The molecule has 0 aliphatic heterocycles. The zero-order chi connectivity index (χ0) is 18.5. The molecule has 2 N–H and O–H groups in total. The Bertz CT molecular complexity index is 1110. The lowest BCUT2D eigenvalue weighted by Gasteiger charge is -2.27. The number of nitrogens with zero attached hydrogens (tertiary/aromatic N) is 1. The largest absolute Gasteiger partial charge is 0.419 e. The van der Waals surface area contributed by atoms with E-state index in [1.165, 1.54) is 41.2 Å². The number of aryl methyl sites for hydroxylation is 1. The van der Waals surface area contributed by atoms with Gasteiger partial charge in [-0.25, -0.2) is 17.9 Å². The Balaban J connectivity index is 1.63. The van der Waals surface area contributed by atoms with E-state index in [4.69, 9.17) is 4.42 Å². The number of hydrogen-bond acceptors (Lipinski definition) is 6. The van der Waals surface area contributed by atoms with Crippen molar-refractivity contribution in [1.82, 2.24) is 9.29 Å². The fraction of sp³-hybridized carbons (Fsp3) is 0.353. The van der Waals surface area contributed by atoms with Crippen LogP contribution in [0.1, 0.15) is 17.7 Å². The van der Waals surface area contributed by atoms with E-state index in [1.54, 1.807) is 0 Å². The first-order chi connectivity index (χ1) is 12.3. The van der Waals surface area contributed by atoms with Gasteiger partial charge in [-0.2, -0.15) is 0 Å². The van der Waals surface area contributed by atoms with Gasteiger partial charge in [0.2, 0.25) is 10.0 Å². The van der Waals surface area contributed by atoms with Crippen LogP contribution >= 0.6 is 11.3 Å². The average Bonchev–Trinajstić information content (AvgIpc) is 3.25. The fourth-order valence-corrected chi connectivity index (χ4v) is 5.07. The molecule has 138 valence electrons. The Kier molecular flexibility index (Phi) is 4.07. The van der Waals surface area contributed by atoms with Gasteiger partial charge in [0.1, 0.15) is 5.60 Å².